The van der Waals surface area contributed by atoms with Crippen molar-refractivity contribution in [2.75, 3.05) is 32.8 Å². The van der Waals surface area contributed by atoms with E-state index in [1.165, 1.54) is 6.42 Å². The Hall–Kier alpha value is -1.44. The third kappa shape index (κ3) is 3.00. The van der Waals surface area contributed by atoms with Gasteiger partial charge in [0, 0.05) is 63.5 Å². The summed E-state index contributed by atoms with van der Waals surface area (Å²) >= 11 is 0. The molecule has 4 aliphatic heterocycles. The number of fused-ring (bicyclic) bond motifs is 1. The number of nitrogens with zero attached hydrogens (tertiary/aromatic N) is 3. The maximum Gasteiger partial charge on any atom is 0.254 e. The first-order valence-electron chi connectivity index (χ1n) is 10.5. The van der Waals surface area contributed by atoms with Gasteiger partial charge in [-0.05, 0) is 32.6 Å². The number of ether oxygens (including phenoxy) is 2. The zero-order chi connectivity index (χ0) is 18.4. The summed E-state index contributed by atoms with van der Waals surface area (Å²) in [6.45, 7) is 7.43. The molecule has 0 aromatic carbocycles. The highest BCUT2D eigenvalue weighted by molar-refractivity contribution is 5.93. The lowest BCUT2D eigenvalue weighted by molar-refractivity contribution is -0.0122. The highest BCUT2D eigenvalue weighted by atomic mass is 16.5. The number of likely N-dealkylation sites (tertiary alicyclic amines) is 1. The average Bonchev–Trinajstić information content (AvgIpc) is 3.46. The number of hydrogen-bond acceptors (Lipinski definition) is 5. The van der Waals surface area contributed by atoms with Crippen LogP contribution in [0.15, 0.2) is 12.4 Å². The molecule has 7 nitrogen and oxygen atoms in total. The molecular formula is C20H30N4O3. The van der Waals surface area contributed by atoms with Gasteiger partial charge in [-0.15, -0.1) is 0 Å². The van der Waals surface area contributed by atoms with Gasteiger partial charge in [0.15, 0.2) is 0 Å². The Morgan fingerprint density at radius 2 is 2.22 bits per heavy atom. The lowest BCUT2D eigenvalue weighted by Crippen LogP contribution is -2.41. The van der Waals surface area contributed by atoms with Crippen LogP contribution in [0.2, 0.25) is 0 Å². The molecular weight excluding hydrogens is 344 g/mol. The highest BCUT2D eigenvalue weighted by Gasteiger charge is 2.63. The molecule has 27 heavy (non-hydrogen) atoms. The molecule has 4 saturated heterocycles. The molecule has 7 heteroatoms. The fourth-order valence-corrected chi connectivity index (χ4v) is 5.79. The van der Waals surface area contributed by atoms with Crippen LogP contribution in [0.1, 0.15) is 43.0 Å². The van der Waals surface area contributed by atoms with Gasteiger partial charge in [-0.2, -0.15) is 5.10 Å². The van der Waals surface area contributed by atoms with E-state index in [0.717, 1.165) is 52.1 Å². The summed E-state index contributed by atoms with van der Waals surface area (Å²) in [6, 6.07) is 0.636. The Labute approximate surface area is 160 Å². The van der Waals surface area contributed by atoms with Crippen LogP contribution in [0, 0.1) is 11.8 Å². The van der Waals surface area contributed by atoms with Crippen LogP contribution in [0.3, 0.4) is 0 Å². The van der Waals surface area contributed by atoms with E-state index in [2.05, 4.69) is 15.3 Å². The topological polar surface area (TPSA) is 68.6 Å². The van der Waals surface area contributed by atoms with Gasteiger partial charge in [0.2, 0.25) is 0 Å². The highest BCUT2D eigenvalue weighted by Crippen LogP contribution is 2.55. The second-order valence-corrected chi connectivity index (χ2v) is 8.60. The van der Waals surface area contributed by atoms with Crippen LogP contribution in [-0.2, 0) is 16.0 Å². The van der Waals surface area contributed by atoms with Gasteiger partial charge in [0.25, 0.3) is 5.91 Å². The number of carbonyl (C=O) groups is 1. The van der Waals surface area contributed by atoms with Crippen LogP contribution in [0.25, 0.3) is 0 Å². The van der Waals surface area contributed by atoms with Crippen molar-refractivity contribution in [1.29, 1.82) is 0 Å². The second-order valence-electron chi connectivity index (χ2n) is 8.60. The van der Waals surface area contributed by atoms with Crippen molar-refractivity contribution in [3.05, 3.63) is 18.0 Å². The zero-order valence-corrected chi connectivity index (χ0v) is 16.1. The standard InChI is InChI=1S/C20H30N4O3/c1-2-24-11-14(9-22-24)19(25)21-10-16-17-12-23(15-4-7-26-8-5-15)13-20(17)6-3-18(16)27-20/h9,11,15-18H,2-8,10,12-13H2,1H3,(H,21,25)/t16-,17+,18+,20+/m0/s1. The lowest BCUT2D eigenvalue weighted by atomic mass is 9.73. The van der Waals surface area contributed by atoms with E-state index in [-0.39, 0.29) is 11.5 Å². The Morgan fingerprint density at radius 1 is 1.37 bits per heavy atom. The van der Waals surface area contributed by atoms with E-state index in [9.17, 15) is 4.79 Å². The number of amides is 1. The second kappa shape index (κ2) is 6.87. The summed E-state index contributed by atoms with van der Waals surface area (Å²) < 4.78 is 13.9. The molecule has 1 aromatic rings. The molecule has 1 aromatic heterocycles. The van der Waals surface area contributed by atoms with Crippen molar-refractivity contribution in [2.45, 2.75) is 56.9 Å². The van der Waals surface area contributed by atoms with Crippen LogP contribution >= 0.6 is 0 Å². The van der Waals surface area contributed by atoms with Gasteiger partial charge in [0.05, 0.1) is 23.5 Å². The first kappa shape index (κ1) is 17.6. The van der Waals surface area contributed by atoms with Gasteiger partial charge in [-0.3, -0.25) is 14.4 Å². The van der Waals surface area contributed by atoms with E-state index in [1.807, 2.05) is 13.1 Å². The molecule has 1 amide bonds. The Kier molecular flexibility index (Phi) is 4.49. The smallest absolute Gasteiger partial charge is 0.254 e. The minimum atomic E-state index is -0.0224. The van der Waals surface area contributed by atoms with E-state index >= 15 is 0 Å². The minimum Gasteiger partial charge on any atom is -0.381 e. The maximum atomic E-state index is 12.5. The molecule has 2 bridgehead atoms. The van der Waals surface area contributed by atoms with Crippen LogP contribution in [-0.4, -0.2) is 71.2 Å². The van der Waals surface area contributed by atoms with E-state index in [4.69, 9.17) is 9.47 Å². The normalized spacial score (nSPS) is 36.3. The predicted molar refractivity (Wildman–Crippen MR) is 99.5 cm³/mol. The third-order valence-corrected chi connectivity index (χ3v) is 7.24. The molecule has 5 heterocycles. The van der Waals surface area contributed by atoms with E-state index in [1.54, 1.807) is 10.9 Å². The summed E-state index contributed by atoms with van der Waals surface area (Å²) in [4.78, 5) is 15.2. The van der Waals surface area contributed by atoms with Gasteiger partial charge < -0.3 is 14.8 Å². The van der Waals surface area contributed by atoms with Crippen molar-refractivity contribution >= 4 is 5.91 Å². The van der Waals surface area contributed by atoms with Crippen molar-refractivity contribution in [1.82, 2.24) is 20.0 Å². The summed E-state index contributed by atoms with van der Waals surface area (Å²) in [5.74, 6) is 0.942. The molecule has 1 N–H and O–H groups in total. The first-order valence-corrected chi connectivity index (χ1v) is 10.5. The van der Waals surface area contributed by atoms with Crippen molar-refractivity contribution in [2.24, 2.45) is 11.8 Å². The fraction of sp³-hybridized carbons (Fsp3) is 0.800. The number of aromatic nitrogens is 2. The van der Waals surface area contributed by atoms with Crippen molar-refractivity contribution in [3.63, 3.8) is 0 Å². The molecule has 4 aliphatic rings. The SMILES string of the molecule is CCn1cc(C(=O)NC[C@H]2[C@H]3CN(C4CCOCC4)C[C@]34CC[C@H]2O4)cn1. The molecule has 5 rings (SSSR count). The van der Waals surface area contributed by atoms with Crippen molar-refractivity contribution in [3.8, 4) is 0 Å². The maximum absolute atomic E-state index is 12.5. The van der Waals surface area contributed by atoms with Crippen LogP contribution in [0.5, 0.6) is 0 Å². The lowest BCUT2D eigenvalue weighted by Gasteiger charge is -2.32. The monoisotopic (exact) mass is 374 g/mol. The van der Waals surface area contributed by atoms with Gasteiger partial charge in [-0.25, -0.2) is 0 Å². The molecule has 148 valence electrons. The molecule has 4 atom stereocenters. The third-order valence-electron chi connectivity index (χ3n) is 7.24. The Morgan fingerprint density at radius 3 is 3.00 bits per heavy atom. The Bertz CT molecular complexity index is 701. The molecule has 0 saturated carbocycles. The van der Waals surface area contributed by atoms with Gasteiger partial charge in [0.1, 0.15) is 0 Å². The van der Waals surface area contributed by atoms with Crippen LogP contribution < -0.4 is 5.32 Å². The average molecular weight is 374 g/mol. The van der Waals surface area contributed by atoms with E-state index < -0.39 is 0 Å². The number of aryl methyl sites for hydroxylation is 1. The van der Waals surface area contributed by atoms with Crippen LogP contribution in [0.4, 0.5) is 0 Å². The quantitative estimate of drug-likeness (QED) is 0.841. The molecule has 0 unspecified atom stereocenters. The molecule has 0 aliphatic carbocycles. The summed E-state index contributed by atoms with van der Waals surface area (Å²) in [7, 11) is 0. The summed E-state index contributed by atoms with van der Waals surface area (Å²) in [5.41, 5.74) is 0.678. The van der Waals surface area contributed by atoms with E-state index in [0.29, 0.717) is 36.1 Å². The zero-order valence-electron chi connectivity index (χ0n) is 16.1. The largest absolute Gasteiger partial charge is 0.381 e. The first-order chi connectivity index (χ1) is 13.2. The number of nitrogens with one attached hydrogen (secondary N) is 1. The predicted octanol–water partition coefficient (Wildman–Crippen LogP) is 1.29. The van der Waals surface area contributed by atoms with Gasteiger partial charge in [-0.1, -0.05) is 0 Å². The fourth-order valence-electron chi connectivity index (χ4n) is 5.79. The molecule has 4 fully saturated rings. The number of rotatable bonds is 5. The minimum absolute atomic E-state index is 0.0224. The molecule has 1 spiro atoms. The number of carbonyl (C=O) groups excluding carboxylic acids is 1. The van der Waals surface area contributed by atoms with Crippen molar-refractivity contribution < 1.29 is 14.3 Å². The Balaban J connectivity index is 1.23. The number of hydrogen-bond donors (Lipinski definition) is 1. The summed E-state index contributed by atoms with van der Waals surface area (Å²) in [6.07, 6.45) is 8.36. The molecule has 0 radical (unpaired) electrons. The van der Waals surface area contributed by atoms with Gasteiger partial charge >= 0.3 is 0 Å². The summed E-state index contributed by atoms with van der Waals surface area (Å²) in [5, 5.41) is 7.36.